The lowest BCUT2D eigenvalue weighted by atomic mass is 9.88. The van der Waals surface area contributed by atoms with Gasteiger partial charge in [0.05, 0.1) is 6.61 Å². The van der Waals surface area contributed by atoms with Gasteiger partial charge in [0.15, 0.2) is 0 Å². The Balaban J connectivity index is 1.82. The van der Waals surface area contributed by atoms with Gasteiger partial charge in [-0.1, -0.05) is 6.92 Å². The van der Waals surface area contributed by atoms with Gasteiger partial charge < -0.3 is 15.0 Å². The minimum atomic E-state index is -0.703. The Morgan fingerprint density at radius 3 is 2.65 bits per heavy atom. The van der Waals surface area contributed by atoms with Gasteiger partial charge in [-0.3, -0.25) is 9.59 Å². The van der Waals surface area contributed by atoms with Gasteiger partial charge >= 0.3 is 0 Å². The molecule has 0 spiro atoms. The highest BCUT2D eigenvalue weighted by atomic mass is 16.5. The molecule has 0 aromatic carbocycles. The van der Waals surface area contributed by atoms with Crippen LogP contribution >= 0.6 is 0 Å². The van der Waals surface area contributed by atoms with Gasteiger partial charge in [-0.05, 0) is 38.5 Å². The lowest BCUT2D eigenvalue weighted by Gasteiger charge is -2.47. The second kappa shape index (κ2) is 5.02. The maximum atomic E-state index is 12.8. The summed E-state index contributed by atoms with van der Waals surface area (Å²) < 4.78 is 5.41. The van der Waals surface area contributed by atoms with Crippen molar-refractivity contribution in [3.05, 3.63) is 0 Å². The van der Waals surface area contributed by atoms with Crippen molar-refractivity contribution in [3.63, 3.8) is 0 Å². The second-order valence-corrected chi connectivity index (χ2v) is 6.59. The number of nitrogens with zero attached hydrogens (tertiary/aromatic N) is 1. The molecule has 3 unspecified atom stereocenters. The molecule has 0 aromatic rings. The predicted molar refractivity (Wildman–Crippen MR) is 74.0 cm³/mol. The number of hydrogen-bond acceptors (Lipinski definition) is 3. The molecule has 2 amide bonds. The van der Waals surface area contributed by atoms with Gasteiger partial charge in [-0.25, -0.2) is 0 Å². The van der Waals surface area contributed by atoms with E-state index in [0.29, 0.717) is 31.4 Å². The van der Waals surface area contributed by atoms with Crippen molar-refractivity contribution in [2.24, 2.45) is 11.8 Å². The predicted octanol–water partition coefficient (Wildman–Crippen LogP) is 0.929. The average molecular weight is 280 g/mol. The molecule has 3 fully saturated rings. The summed E-state index contributed by atoms with van der Waals surface area (Å²) in [6, 6.07) is -0.288. The van der Waals surface area contributed by atoms with Gasteiger partial charge in [0.2, 0.25) is 11.8 Å². The van der Waals surface area contributed by atoms with E-state index in [4.69, 9.17) is 4.74 Å². The minimum absolute atomic E-state index is 0.00964. The first kappa shape index (κ1) is 13.9. The topological polar surface area (TPSA) is 58.6 Å². The molecular formula is C15H24N2O3. The van der Waals surface area contributed by atoms with Crippen LogP contribution in [0.3, 0.4) is 0 Å². The molecule has 1 saturated carbocycles. The summed E-state index contributed by atoms with van der Waals surface area (Å²) in [5.74, 6) is 0.851. The minimum Gasteiger partial charge on any atom is -0.381 e. The molecule has 5 heteroatoms. The zero-order valence-electron chi connectivity index (χ0n) is 12.4. The maximum Gasteiger partial charge on any atom is 0.246 e. The van der Waals surface area contributed by atoms with Crippen LogP contribution in [0.1, 0.15) is 39.5 Å². The van der Waals surface area contributed by atoms with Gasteiger partial charge in [0.1, 0.15) is 11.6 Å². The Bertz CT molecular complexity index is 415. The van der Waals surface area contributed by atoms with Crippen molar-refractivity contribution in [1.29, 1.82) is 0 Å². The molecule has 3 atom stereocenters. The Kier molecular flexibility index (Phi) is 3.48. The molecular weight excluding hydrogens is 256 g/mol. The number of piperazine rings is 1. The largest absolute Gasteiger partial charge is 0.381 e. The smallest absolute Gasteiger partial charge is 0.246 e. The number of carbonyl (C=O) groups is 2. The third-order valence-electron chi connectivity index (χ3n) is 5.15. The van der Waals surface area contributed by atoms with Crippen molar-refractivity contribution >= 4 is 11.8 Å². The molecule has 2 saturated heterocycles. The fourth-order valence-corrected chi connectivity index (χ4v) is 3.27. The third kappa shape index (κ3) is 2.22. The van der Waals surface area contributed by atoms with E-state index in [2.05, 4.69) is 5.32 Å². The van der Waals surface area contributed by atoms with Gasteiger partial charge in [0, 0.05) is 19.1 Å². The molecule has 2 aliphatic heterocycles. The Morgan fingerprint density at radius 2 is 2.10 bits per heavy atom. The number of rotatable bonds is 4. The summed E-state index contributed by atoms with van der Waals surface area (Å²) in [7, 11) is 0. The second-order valence-electron chi connectivity index (χ2n) is 6.59. The highest BCUT2D eigenvalue weighted by molar-refractivity contribution is 5.99. The Morgan fingerprint density at radius 1 is 1.35 bits per heavy atom. The van der Waals surface area contributed by atoms with Crippen LogP contribution in [0.25, 0.3) is 0 Å². The van der Waals surface area contributed by atoms with E-state index in [1.165, 1.54) is 0 Å². The van der Waals surface area contributed by atoms with E-state index in [-0.39, 0.29) is 17.9 Å². The van der Waals surface area contributed by atoms with Crippen LogP contribution in [0.5, 0.6) is 0 Å². The van der Waals surface area contributed by atoms with Crippen LogP contribution in [0.2, 0.25) is 0 Å². The molecule has 0 radical (unpaired) electrons. The van der Waals surface area contributed by atoms with Crippen molar-refractivity contribution in [2.75, 3.05) is 19.8 Å². The van der Waals surface area contributed by atoms with E-state index in [9.17, 15) is 9.59 Å². The van der Waals surface area contributed by atoms with Gasteiger partial charge in [-0.2, -0.15) is 0 Å². The van der Waals surface area contributed by atoms with E-state index in [0.717, 1.165) is 25.9 Å². The lowest BCUT2D eigenvalue weighted by Crippen LogP contribution is -2.70. The first-order valence-electron chi connectivity index (χ1n) is 7.76. The van der Waals surface area contributed by atoms with Crippen molar-refractivity contribution in [1.82, 2.24) is 10.2 Å². The normalized spacial score (nSPS) is 38.2. The standard InChI is InChI=1S/C15H24N2O3/c1-3-15(2)14(19)16-12(11-4-5-11)13(18)17(15)8-10-6-7-20-9-10/h10-12H,3-9H2,1-2H3,(H,16,19). The van der Waals surface area contributed by atoms with Gasteiger partial charge in [0.25, 0.3) is 0 Å². The Hall–Kier alpha value is -1.10. The van der Waals surface area contributed by atoms with E-state index >= 15 is 0 Å². The summed E-state index contributed by atoms with van der Waals surface area (Å²) in [5, 5.41) is 2.96. The number of hydrogen-bond donors (Lipinski definition) is 1. The fraction of sp³-hybridized carbons (Fsp3) is 0.867. The summed E-state index contributed by atoms with van der Waals surface area (Å²) >= 11 is 0. The molecule has 1 aliphatic carbocycles. The summed E-state index contributed by atoms with van der Waals surface area (Å²) in [5.41, 5.74) is -0.703. The highest BCUT2D eigenvalue weighted by Gasteiger charge is 2.52. The quantitative estimate of drug-likeness (QED) is 0.833. The third-order valence-corrected chi connectivity index (χ3v) is 5.15. The summed E-state index contributed by atoms with van der Waals surface area (Å²) in [6.07, 6.45) is 3.74. The van der Waals surface area contributed by atoms with E-state index < -0.39 is 5.54 Å². The molecule has 112 valence electrons. The van der Waals surface area contributed by atoms with E-state index in [1.807, 2.05) is 18.7 Å². The molecule has 0 aromatic heterocycles. The molecule has 1 N–H and O–H groups in total. The zero-order valence-corrected chi connectivity index (χ0v) is 12.4. The fourth-order valence-electron chi connectivity index (χ4n) is 3.27. The molecule has 5 nitrogen and oxygen atoms in total. The highest BCUT2D eigenvalue weighted by Crippen LogP contribution is 2.38. The van der Waals surface area contributed by atoms with Crippen LogP contribution in [-0.2, 0) is 14.3 Å². The van der Waals surface area contributed by atoms with Crippen LogP contribution in [0.4, 0.5) is 0 Å². The monoisotopic (exact) mass is 280 g/mol. The number of nitrogens with one attached hydrogen (secondary N) is 1. The molecule has 2 heterocycles. The zero-order chi connectivity index (χ0) is 14.3. The first-order chi connectivity index (χ1) is 9.56. The number of amides is 2. The first-order valence-corrected chi connectivity index (χ1v) is 7.76. The number of ether oxygens (including phenoxy) is 1. The molecule has 20 heavy (non-hydrogen) atoms. The Labute approximate surface area is 120 Å². The van der Waals surface area contributed by atoms with Crippen LogP contribution in [-0.4, -0.2) is 48.1 Å². The molecule has 3 rings (SSSR count). The average Bonchev–Trinajstić information content (AvgIpc) is 3.15. The van der Waals surface area contributed by atoms with Crippen molar-refractivity contribution in [3.8, 4) is 0 Å². The van der Waals surface area contributed by atoms with Crippen molar-refractivity contribution in [2.45, 2.75) is 51.1 Å². The van der Waals surface area contributed by atoms with Crippen LogP contribution in [0, 0.1) is 11.8 Å². The van der Waals surface area contributed by atoms with Crippen molar-refractivity contribution < 1.29 is 14.3 Å². The van der Waals surface area contributed by atoms with Gasteiger partial charge in [-0.15, -0.1) is 0 Å². The summed E-state index contributed by atoms with van der Waals surface area (Å²) in [4.78, 5) is 27.1. The molecule has 0 bridgehead atoms. The maximum absolute atomic E-state index is 12.8. The summed E-state index contributed by atoms with van der Waals surface area (Å²) in [6.45, 7) is 5.99. The van der Waals surface area contributed by atoms with Crippen LogP contribution in [0.15, 0.2) is 0 Å². The number of carbonyl (C=O) groups excluding carboxylic acids is 2. The SMILES string of the molecule is CCC1(C)C(=O)NC(C2CC2)C(=O)N1CC1CCOC1. The van der Waals surface area contributed by atoms with Crippen LogP contribution < -0.4 is 5.32 Å². The molecule has 3 aliphatic rings. The van der Waals surface area contributed by atoms with E-state index in [1.54, 1.807) is 0 Å². The lowest BCUT2D eigenvalue weighted by molar-refractivity contribution is -0.158.